The van der Waals surface area contributed by atoms with Crippen molar-refractivity contribution >= 4 is 10.2 Å². The molecule has 116 valence electrons. The Labute approximate surface area is 127 Å². The number of nitrogens with zero attached hydrogens (tertiary/aromatic N) is 1. The van der Waals surface area contributed by atoms with Gasteiger partial charge < -0.3 is 0 Å². The van der Waals surface area contributed by atoms with E-state index in [9.17, 15) is 8.42 Å². The molecule has 1 aliphatic heterocycles. The van der Waals surface area contributed by atoms with Crippen LogP contribution in [0.2, 0.25) is 0 Å². The first-order chi connectivity index (χ1) is 10.2. The summed E-state index contributed by atoms with van der Waals surface area (Å²) in [5.41, 5.74) is 2.70. The van der Waals surface area contributed by atoms with E-state index in [1.54, 1.807) is 4.31 Å². The highest BCUT2D eigenvalue weighted by molar-refractivity contribution is 7.87. The van der Waals surface area contributed by atoms with E-state index >= 15 is 0 Å². The summed E-state index contributed by atoms with van der Waals surface area (Å²) in [6, 6.07) is 8.43. The Morgan fingerprint density at radius 2 is 1.86 bits per heavy atom. The zero-order valence-corrected chi connectivity index (χ0v) is 13.2. The maximum Gasteiger partial charge on any atom is 0.279 e. The summed E-state index contributed by atoms with van der Waals surface area (Å²) in [6.07, 6.45) is 6.43. The molecule has 1 heterocycles. The Hall–Kier alpha value is -0.910. The van der Waals surface area contributed by atoms with Crippen LogP contribution >= 0.6 is 0 Å². The van der Waals surface area contributed by atoms with E-state index in [1.165, 1.54) is 11.1 Å². The van der Waals surface area contributed by atoms with Gasteiger partial charge in [0.05, 0.1) is 0 Å². The highest BCUT2D eigenvalue weighted by Crippen LogP contribution is 2.31. The molecule has 1 aromatic rings. The molecule has 0 aromatic heterocycles. The van der Waals surface area contributed by atoms with Gasteiger partial charge in [0, 0.05) is 19.6 Å². The molecule has 0 radical (unpaired) electrons. The first-order valence-electron chi connectivity index (χ1n) is 7.99. The van der Waals surface area contributed by atoms with Gasteiger partial charge in [-0.3, -0.25) is 0 Å². The lowest BCUT2D eigenvalue weighted by Crippen LogP contribution is -2.44. The smallest absolute Gasteiger partial charge is 0.202 e. The van der Waals surface area contributed by atoms with Crippen LogP contribution in [0.4, 0.5) is 0 Å². The molecule has 5 heteroatoms. The molecular formula is C16H24N2O2S. The lowest BCUT2D eigenvalue weighted by atomic mass is 9.83. The number of aryl methyl sites for hydroxylation is 1. The minimum atomic E-state index is -3.30. The van der Waals surface area contributed by atoms with E-state index in [-0.39, 0.29) is 0 Å². The van der Waals surface area contributed by atoms with E-state index in [0.29, 0.717) is 25.6 Å². The first-order valence-corrected chi connectivity index (χ1v) is 9.43. The first kappa shape index (κ1) is 15.0. The van der Waals surface area contributed by atoms with Gasteiger partial charge in [0.2, 0.25) is 0 Å². The van der Waals surface area contributed by atoms with Gasteiger partial charge in [-0.1, -0.05) is 30.7 Å². The van der Waals surface area contributed by atoms with Crippen molar-refractivity contribution in [3.05, 3.63) is 35.4 Å². The largest absolute Gasteiger partial charge is 0.279 e. The monoisotopic (exact) mass is 308 g/mol. The Bertz CT molecular complexity index is 580. The van der Waals surface area contributed by atoms with Crippen molar-refractivity contribution in [3.63, 3.8) is 0 Å². The van der Waals surface area contributed by atoms with Gasteiger partial charge >= 0.3 is 0 Å². The van der Waals surface area contributed by atoms with Gasteiger partial charge in [-0.25, -0.2) is 4.72 Å². The molecule has 1 aliphatic carbocycles. The summed E-state index contributed by atoms with van der Waals surface area (Å²) in [7, 11) is -3.30. The number of hydrogen-bond acceptors (Lipinski definition) is 2. The van der Waals surface area contributed by atoms with E-state index < -0.39 is 10.2 Å². The highest BCUT2D eigenvalue weighted by atomic mass is 32.2. The summed E-state index contributed by atoms with van der Waals surface area (Å²) in [4.78, 5) is 0. The normalized spacial score (nSPS) is 23.7. The third-order valence-electron chi connectivity index (χ3n) is 4.66. The fraction of sp³-hybridized carbons (Fsp3) is 0.625. The fourth-order valence-electron chi connectivity index (χ4n) is 3.47. The molecule has 0 spiro atoms. The topological polar surface area (TPSA) is 49.4 Å². The number of nitrogens with one attached hydrogen (secondary N) is 1. The van der Waals surface area contributed by atoms with Crippen LogP contribution in [0.25, 0.3) is 0 Å². The molecule has 2 aliphatic rings. The quantitative estimate of drug-likeness (QED) is 0.928. The van der Waals surface area contributed by atoms with Crippen LogP contribution in [0.1, 0.15) is 49.1 Å². The van der Waals surface area contributed by atoms with E-state index in [4.69, 9.17) is 0 Å². The van der Waals surface area contributed by atoms with Crippen molar-refractivity contribution in [1.29, 1.82) is 0 Å². The van der Waals surface area contributed by atoms with Crippen LogP contribution in [0, 0.1) is 0 Å². The van der Waals surface area contributed by atoms with Crippen LogP contribution in [-0.2, 0) is 16.6 Å². The predicted molar refractivity (Wildman–Crippen MR) is 84.5 cm³/mol. The second-order valence-corrected chi connectivity index (χ2v) is 7.86. The van der Waals surface area contributed by atoms with Crippen LogP contribution in [-0.4, -0.2) is 32.4 Å². The molecule has 3 rings (SSSR count). The van der Waals surface area contributed by atoms with E-state index in [1.807, 2.05) is 0 Å². The maximum atomic E-state index is 12.4. The van der Waals surface area contributed by atoms with Gasteiger partial charge in [-0.15, -0.1) is 0 Å². The second kappa shape index (κ2) is 6.46. The maximum absolute atomic E-state index is 12.4. The molecule has 1 atom stereocenters. The SMILES string of the molecule is O=S(=O)(NCC1CCCc2ccccc21)N1CCCCC1. The van der Waals surface area contributed by atoms with Crippen LogP contribution in [0.5, 0.6) is 0 Å². The van der Waals surface area contributed by atoms with Gasteiger partial charge in [0.15, 0.2) is 0 Å². The summed E-state index contributed by atoms with van der Waals surface area (Å²) in [6.45, 7) is 1.85. The Balaban J connectivity index is 1.65. The molecule has 21 heavy (non-hydrogen) atoms. The number of hydrogen-bond donors (Lipinski definition) is 1. The van der Waals surface area contributed by atoms with Crippen LogP contribution in [0.3, 0.4) is 0 Å². The molecule has 0 amide bonds. The molecule has 4 nitrogen and oxygen atoms in total. The number of benzene rings is 1. The lowest BCUT2D eigenvalue weighted by Gasteiger charge is -2.29. The van der Waals surface area contributed by atoms with Crippen molar-refractivity contribution in [2.24, 2.45) is 0 Å². The number of piperidine rings is 1. The van der Waals surface area contributed by atoms with Gasteiger partial charge in [-0.05, 0) is 49.1 Å². The molecule has 0 bridgehead atoms. The van der Waals surface area contributed by atoms with Crippen LogP contribution < -0.4 is 4.72 Å². The van der Waals surface area contributed by atoms with Crippen molar-refractivity contribution < 1.29 is 8.42 Å². The standard InChI is InChI=1S/C16H24N2O2S/c19-21(20,18-11-4-1-5-12-18)17-13-15-9-6-8-14-7-2-3-10-16(14)15/h2-3,7,10,15,17H,1,4-6,8-9,11-13H2. The Morgan fingerprint density at radius 1 is 1.10 bits per heavy atom. The summed E-state index contributed by atoms with van der Waals surface area (Å²) in [5, 5.41) is 0. The Kier molecular flexibility index (Phi) is 4.62. The Morgan fingerprint density at radius 3 is 2.67 bits per heavy atom. The fourth-order valence-corrected chi connectivity index (χ4v) is 4.80. The second-order valence-electron chi connectivity index (χ2n) is 6.10. The molecule has 1 fully saturated rings. The van der Waals surface area contributed by atoms with Crippen molar-refractivity contribution in [1.82, 2.24) is 9.03 Å². The molecule has 1 unspecified atom stereocenters. The molecule has 1 N–H and O–H groups in total. The molecule has 1 aromatic carbocycles. The predicted octanol–water partition coefficient (Wildman–Crippen LogP) is 2.43. The average molecular weight is 308 g/mol. The minimum absolute atomic E-state index is 0.314. The minimum Gasteiger partial charge on any atom is -0.202 e. The summed E-state index contributed by atoms with van der Waals surface area (Å²) >= 11 is 0. The highest BCUT2D eigenvalue weighted by Gasteiger charge is 2.26. The average Bonchev–Trinajstić information content (AvgIpc) is 2.54. The molecule has 0 saturated carbocycles. The zero-order valence-electron chi connectivity index (χ0n) is 12.4. The van der Waals surface area contributed by atoms with Crippen molar-refractivity contribution in [2.45, 2.75) is 44.4 Å². The lowest BCUT2D eigenvalue weighted by molar-refractivity contribution is 0.340. The van der Waals surface area contributed by atoms with E-state index in [2.05, 4.69) is 29.0 Å². The third kappa shape index (κ3) is 3.47. The van der Waals surface area contributed by atoms with Crippen molar-refractivity contribution in [2.75, 3.05) is 19.6 Å². The summed E-state index contributed by atoms with van der Waals surface area (Å²) < 4.78 is 29.1. The molecule has 1 saturated heterocycles. The van der Waals surface area contributed by atoms with Gasteiger partial charge in [0.1, 0.15) is 0 Å². The van der Waals surface area contributed by atoms with Gasteiger partial charge in [0.25, 0.3) is 10.2 Å². The third-order valence-corrected chi connectivity index (χ3v) is 6.24. The number of fused-ring (bicyclic) bond motifs is 1. The summed E-state index contributed by atoms with van der Waals surface area (Å²) in [5.74, 6) is 0.314. The molecular weight excluding hydrogens is 284 g/mol. The van der Waals surface area contributed by atoms with Gasteiger partial charge in [-0.2, -0.15) is 12.7 Å². The van der Waals surface area contributed by atoms with Crippen LogP contribution in [0.15, 0.2) is 24.3 Å². The van der Waals surface area contributed by atoms with E-state index in [0.717, 1.165) is 38.5 Å². The number of rotatable bonds is 4. The van der Waals surface area contributed by atoms with Crippen molar-refractivity contribution in [3.8, 4) is 0 Å². The zero-order chi connectivity index (χ0) is 14.7.